The Morgan fingerprint density at radius 3 is 3.00 bits per heavy atom. The molecule has 0 saturated carbocycles. The van der Waals surface area contributed by atoms with Crippen LogP contribution < -0.4 is 14.8 Å². The number of nitrogens with zero attached hydrogens (tertiary/aromatic N) is 1. The van der Waals surface area contributed by atoms with Crippen molar-refractivity contribution < 1.29 is 14.3 Å². The first kappa shape index (κ1) is 14.5. The van der Waals surface area contributed by atoms with E-state index < -0.39 is 0 Å². The molecule has 2 aliphatic rings. The zero-order chi connectivity index (χ0) is 15.6. The van der Waals surface area contributed by atoms with Gasteiger partial charge in [0.25, 0.3) is 0 Å². The predicted octanol–water partition coefficient (Wildman–Crippen LogP) is 3.32. The molecule has 1 amide bonds. The molecule has 0 spiro atoms. The van der Waals surface area contributed by atoms with Crippen molar-refractivity contribution in [2.45, 2.75) is 38.5 Å². The summed E-state index contributed by atoms with van der Waals surface area (Å²) in [6, 6.07) is 5.81. The first-order chi connectivity index (χ1) is 11.3. The third kappa shape index (κ3) is 3.17. The first-order valence-corrected chi connectivity index (χ1v) is 8.76. The molecule has 0 bridgehead atoms. The molecule has 23 heavy (non-hydrogen) atoms. The third-order valence-electron chi connectivity index (χ3n) is 4.17. The molecule has 0 unspecified atom stereocenters. The summed E-state index contributed by atoms with van der Waals surface area (Å²) in [5.41, 5.74) is 2.25. The van der Waals surface area contributed by atoms with E-state index in [2.05, 4.69) is 10.3 Å². The van der Waals surface area contributed by atoms with Crippen LogP contribution in [-0.2, 0) is 24.1 Å². The highest BCUT2D eigenvalue weighted by Crippen LogP contribution is 2.33. The Bertz CT molecular complexity index is 718. The summed E-state index contributed by atoms with van der Waals surface area (Å²) in [7, 11) is 0. The second-order valence-electron chi connectivity index (χ2n) is 5.83. The molecule has 1 aromatic carbocycles. The number of benzene rings is 1. The maximum absolute atomic E-state index is 12.1. The summed E-state index contributed by atoms with van der Waals surface area (Å²) >= 11 is 1.62. The van der Waals surface area contributed by atoms with Crippen LogP contribution in [-0.4, -0.2) is 17.7 Å². The van der Waals surface area contributed by atoms with Gasteiger partial charge >= 0.3 is 0 Å². The number of aryl methyl sites for hydroxylation is 3. The van der Waals surface area contributed by atoms with Crippen molar-refractivity contribution in [1.29, 1.82) is 0 Å². The van der Waals surface area contributed by atoms with Gasteiger partial charge in [0, 0.05) is 11.3 Å². The fourth-order valence-corrected chi connectivity index (χ4v) is 4.01. The minimum Gasteiger partial charge on any atom is -0.454 e. The van der Waals surface area contributed by atoms with E-state index in [-0.39, 0.29) is 12.7 Å². The van der Waals surface area contributed by atoms with Crippen molar-refractivity contribution in [2.24, 2.45) is 0 Å². The van der Waals surface area contributed by atoms with Crippen LogP contribution in [0.5, 0.6) is 11.5 Å². The van der Waals surface area contributed by atoms with Crippen molar-refractivity contribution in [2.75, 3.05) is 12.1 Å². The highest BCUT2D eigenvalue weighted by atomic mass is 32.1. The van der Waals surface area contributed by atoms with Gasteiger partial charge in [-0.2, -0.15) is 0 Å². The maximum Gasteiger partial charge on any atom is 0.231 e. The lowest BCUT2D eigenvalue weighted by atomic mass is 10.0. The van der Waals surface area contributed by atoms with Crippen LogP contribution in [0.25, 0.3) is 0 Å². The van der Waals surface area contributed by atoms with Crippen LogP contribution in [0.2, 0.25) is 0 Å². The van der Waals surface area contributed by atoms with Gasteiger partial charge in [0.15, 0.2) is 16.6 Å². The van der Waals surface area contributed by atoms with Crippen molar-refractivity contribution in [1.82, 2.24) is 4.98 Å². The predicted molar refractivity (Wildman–Crippen MR) is 88.3 cm³/mol. The van der Waals surface area contributed by atoms with Crippen LogP contribution in [0.1, 0.15) is 35.4 Å². The average Bonchev–Trinajstić information content (AvgIpc) is 3.18. The van der Waals surface area contributed by atoms with E-state index >= 15 is 0 Å². The fraction of sp³-hybridized carbons (Fsp3) is 0.412. The average molecular weight is 330 g/mol. The molecule has 0 radical (unpaired) electrons. The lowest BCUT2D eigenvalue weighted by Gasteiger charge is -2.06. The van der Waals surface area contributed by atoms with Gasteiger partial charge in [-0.25, -0.2) is 4.98 Å². The van der Waals surface area contributed by atoms with E-state index in [9.17, 15) is 4.79 Å². The summed E-state index contributed by atoms with van der Waals surface area (Å²) in [4.78, 5) is 18.0. The molecule has 120 valence electrons. The minimum atomic E-state index is 0.00811. The topological polar surface area (TPSA) is 60.5 Å². The van der Waals surface area contributed by atoms with Gasteiger partial charge in [0.2, 0.25) is 12.7 Å². The van der Waals surface area contributed by atoms with Crippen LogP contribution in [0.15, 0.2) is 18.2 Å². The number of thiazole rings is 1. The van der Waals surface area contributed by atoms with Gasteiger partial charge < -0.3 is 14.8 Å². The molecule has 4 rings (SSSR count). The van der Waals surface area contributed by atoms with Crippen LogP contribution in [0.4, 0.5) is 5.13 Å². The van der Waals surface area contributed by atoms with E-state index in [4.69, 9.17) is 9.47 Å². The summed E-state index contributed by atoms with van der Waals surface area (Å²) in [6.45, 7) is 0.272. The highest BCUT2D eigenvalue weighted by Gasteiger charge is 2.17. The van der Waals surface area contributed by atoms with Gasteiger partial charge in [-0.1, -0.05) is 6.07 Å². The molecule has 2 aromatic rings. The summed E-state index contributed by atoms with van der Waals surface area (Å²) in [5, 5.41) is 3.68. The minimum absolute atomic E-state index is 0.00811. The summed E-state index contributed by atoms with van der Waals surface area (Å²) in [6.07, 6.45) is 5.68. The molecule has 5 nitrogen and oxygen atoms in total. The summed E-state index contributed by atoms with van der Waals surface area (Å²) < 4.78 is 10.6. The number of fused-ring (bicyclic) bond motifs is 2. The lowest BCUT2D eigenvalue weighted by molar-refractivity contribution is -0.116. The van der Waals surface area contributed by atoms with Crippen molar-refractivity contribution in [3.05, 3.63) is 34.3 Å². The van der Waals surface area contributed by atoms with Gasteiger partial charge in [0.05, 0.1) is 5.69 Å². The van der Waals surface area contributed by atoms with E-state index in [0.717, 1.165) is 35.0 Å². The van der Waals surface area contributed by atoms with Crippen LogP contribution in [0, 0.1) is 0 Å². The Labute approximate surface area is 138 Å². The Balaban J connectivity index is 1.34. The van der Waals surface area contributed by atoms with Crippen molar-refractivity contribution >= 4 is 22.4 Å². The second kappa shape index (κ2) is 6.20. The van der Waals surface area contributed by atoms with Gasteiger partial charge in [-0.3, -0.25) is 4.79 Å². The molecule has 0 atom stereocenters. The smallest absolute Gasteiger partial charge is 0.231 e. The number of rotatable bonds is 4. The number of nitrogens with one attached hydrogen (secondary N) is 1. The number of hydrogen-bond acceptors (Lipinski definition) is 5. The number of aromatic nitrogens is 1. The number of amides is 1. The van der Waals surface area contributed by atoms with Crippen molar-refractivity contribution in [3.63, 3.8) is 0 Å². The Hall–Kier alpha value is -2.08. The Morgan fingerprint density at radius 1 is 1.22 bits per heavy atom. The largest absolute Gasteiger partial charge is 0.454 e. The Morgan fingerprint density at radius 2 is 2.09 bits per heavy atom. The molecule has 1 aliphatic heterocycles. The van der Waals surface area contributed by atoms with Crippen LogP contribution >= 0.6 is 11.3 Å². The lowest BCUT2D eigenvalue weighted by Crippen LogP contribution is -2.12. The SMILES string of the molecule is O=C(CCc1ccc2c(c1)OCO2)Nc1nc2c(s1)CCCC2. The van der Waals surface area contributed by atoms with E-state index in [0.29, 0.717) is 12.8 Å². The van der Waals surface area contributed by atoms with E-state index in [1.807, 2.05) is 18.2 Å². The van der Waals surface area contributed by atoms with Gasteiger partial charge in [0.1, 0.15) is 0 Å². The number of carbonyl (C=O) groups excluding carboxylic acids is 1. The monoisotopic (exact) mass is 330 g/mol. The zero-order valence-electron chi connectivity index (χ0n) is 12.8. The highest BCUT2D eigenvalue weighted by molar-refractivity contribution is 7.15. The molecule has 1 aliphatic carbocycles. The third-order valence-corrected chi connectivity index (χ3v) is 5.24. The number of carbonyl (C=O) groups is 1. The maximum atomic E-state index is 12.1. The second-order valence-corrected chi connectivity index (χ2v) is 6.92. The molecule has 0 saturated heterocycles. The summed E-state index contributed by atoms with van der Waals surface area (Å²) in [5.74, 6) is 1.54. The first-order valence-electron chi connectivity index (χ1n) is 7.95. The molecule has 2 heterocycles. The molecule has 1 N–H and O–H groups in total. The van der Waals surface area contributed by atoms with Crippen molar-refractivity contribution in [3.8, 4) is 11.5 Å². The van der Waals surface area contributed by atoms with E-state index in [1.165, 1.54) is 23.4 Å². The standard InChI is InChI=1S/C17H18N2O3S/c20-16(19-17-18-12-3-1-2-4-15(12)23-17)8-6-11-5-7-13-14(9-11)22-10-21-13/h5,7,9H,1-4,6,8,10H2,(H,18,19,20). The number of hydrogen-bond donors (Lipinski definition) is 1. The zero-order valence-corrected chi connectivity index (χ0v) is 13.6. The fourth-order valence-electron chi connectivity index (χ4n) is 2.94. The number of ether oxygens (including phenoxy) is 2. The van der Waals surface area contributed by atoms with Gasteiger partial charge in [-0.05, 0) is 49.8 Å². The van der Waals surface area contributed by atoms with E-state index in [1.54, 1.807) is 11.3 Å². The molecular formula is C17H18N2O3S. The molecule has 1 aromatic heterocycles. The molecular weight excluding hydrogens is 312 g/mol. The number of anilines is 1. The quantitative estimate of drug-likeness (QED) is 0.934. The van der Waals surface area contributed by atoms with Crippen LogP contribution in [0.3, 0.4) is 0 Å². The Kier molecular flexibility index (Phi) is 3.91. The van der Waals surface area contributed by atoms with Gasteiger partial charge in [-0.15, -0.1) is 11.3 Å². The molecule has 0 fully saturated rings. The normalized spacial score (nSPS) is 15.3. The molecule has 6 heteroatoms.